The molecule has 2 N–H and O–H groups in total. The van der Waals surface area contributed by atoms with Crippen molar-refractivity contribution in [3.63, 3.8) is 0 Å². The molecule has 0 fully saturated rings. The van der Waals surface area contributed by atoms with E-state index in [0.717, 1.165) is 16.5 Å². The molecule has 5 nitrogen and oxygen atoms in total. The zero-order valence-electron chi connectivity index (χ0n) is 13.3. The number of benzene rings is 2. The van der Waals surface area contributed by atoms with E-state index in [1.807, 2.05) is 49.0 Å². The van der Waals surface area contributed by atoms with Crippen LogP contribution in [0.2, 0.25) is 0 Å². The first kappa shape index (κ1) is 15.0. The Labute approximate surface area is 134 Å². The number of hydrogen-bond acceptors (Lipinski definition) is 3. The molecule has 0 aliphatic heterocycles. The molecule has 1 aromatic heterocycles. The first-order chi connectivity index (χ1) is 11.0. The zero-order chi connectivity index (χ0) is 16.6. The number of aromatic nitrogens is 1. The van der Waals surface area contributed by atoms with Crippen molar-refractivity contribution in [1.29, 1.82) is 0 Å². The molecule has 3 aromatic rings. The molecular weight excluding hydrogens is 292 g/mol. The van der Waals surface area contributed by atoms with Crippen LogP contribution in [0.5, 0.6) is 11.5 Å². The average molecular weight is 310 g/mol. The molecule has 0 saturated carbocycles. The van der Waals surface area contributed by atoms with Gasteiger partial charge in [-0.15, -0.1) is 0 Å². The summed E-state index contributed by atoms with van der Waals surface area (Å²) in [7, 11) is 3.41. The average Bonchev–Trinajstić information content (AvgIpc) is 2.91. The van der Waals surface area contributed by atoms with Gasteiger partial charge in [0.1, 0.15) is 0 Å². The number of carbonyl (C=O) groups is 1. The molecule has 0 radical (unpaired) electrons. The summed E-state index contributed by atoms with van der Waals surface area (Å²) >= 11 is 0. The third-order valence-corrected chi connectivity index (χ3v) is 3.86. The van der Waals surface area contributed by atoms with Gasteiger partial charge in [-0.2, -0.15) is 0 Å². The highest BCUT2D eigenvalue weighted by Gasteiger charge is 2.17. The Hall–Kier alpha value is -2.95. The van der Waals surface area contributed by atoms with Gasteiger partial charge in [0.2, 0.25) is 0 Å². The second-order valence-corrected chi connectivity index (χ2v) is 5.48. The molecular formula is C18H18N2O3. The van der Waals surface area contributed by atoms with Crippen LogP contribution in [0.25, 0.3) is 10.9 Å². The zero-order valence-corrected chi connectivity index (χ0v) is 13.3. The third kappa shape index (κ3) is 2.61. The lowest BCUT2D eigenvalue weighted by Crippen LogP contribution is -2.13. The Morgan fingerprint density at radius 3 is 2.78 bits per heavy atom. The van der Waals surface area contributed by atoms with Crippen LogP contribution in [-0.2, 0) is 7.05 Å². The van der Waals surface area contributed by atoms with Crippen molar-refractivity contribution in [2.75, 3.05) is 12.4 Å². The summed E-state index contributed by atoms with van der Waals surface area (Å²) in [4.78, 5) is 12.6. The molecule has 1 heterocycles. The van der Waals surface area contributed by atoms with Crippen LogP contribution in [0, 0.1) is 6.92 Å². The number of ether oxygens (including phenoxy) is 1. The molecule has 0 aliphatic carbocycles. The maximum Gasteiger partial charge on any atom is 0.259 e. The fourth-order valence-corrected chi connectivity index (χ4v) is 2.68. The van der Waals surface area contributed by atoms with E-state index in [-0.39, 0.29) is 23.0 Å². The van der Waals surface area contributed by atoms with E-state index >= 15 is 0 Å². The molecule has 0 saturated heterocycles. The molecule has 2 aromatic carbocycles. The quantitative estimate of drug-likeness (QED) is 0.779. The smallest absolute Gasteiger partial charge is 0.259 e. The van der Waals surface area contributed by atoms with Gasteiger partial charge in [-0.05, 0) is 42.8 Å². The highest BCUT2D eigenvalue weighted by atomic mass is 16.5. The van der Waals surface area contributed by atoms with Crippen LogP contribution in [-0.4, -0.2) is 22.7 Å². The Kier molecular flexibility index (Phi) is 3.70. The SMILES string of the molecule is COc1cc(C)cc(C(=O)Nc2cccc3c2ccn3C)c1O. The fraction of sp³-hybridized carbons (Fsp3) is 0.167. The number of methoxy groups -OCH3 is 1. The van der Waals surface area contributed by atoms with Gasteiger partial charge in [0, 0.05) is 24.1 Å². The summed E-state index contributed by atoms with van der Waals surface area (Å²) in [5.74, 6) is -0.246. The largest absolute Gasteiger partial charge is 0.504 e. The summed E-state index contributed by atoms with van der Waals surface area (Å²) in [6.07, 6.45) is 1.94. The van der Waals surface area contributed by atoms with Crippen LogP contribution in [0.3, 0.4) is 0 Å². The Morgan fingerprint density at radius 1 is 1.26 bits per heavy atom. The van der Waals surface area contributed by atoms with Gasteiger partial charge in [0.15, 0.2) is 11.5 Å². The Balaban J connectivity index is 2.00. The van der Waals surface area contributed by atoms with E-state index in [9.17, 15) is 9.90 Å². The number of nitrogens with zero attached hydrogens (tertiary/aromatic N) is 1. The highest BCUT2D eigenvalue weighted by molar-refractivity contribution is 6.10. The van der Waals surface area contributed by atoms with Crippen LogP contribution in [0.4, 0.5) is 5.69 Å². The molecule has 0 aliphatic rings. The predicted octanol–water partition coefficient (Wildman–Crippen LogP) is 3.45. The number of carbonyl (C=O) groups excluding carboxylic acids is 1. The predicted molar refractivity (Wildman–Crippen MR) is 90.3 cm³/mol. The topological polar surface area (TPSA) is 63.5 Å². The summed E-state index contributed by atoms with van der Waals surface area (Å²) in [5, 5.41) is 14.0. The molecule has 3 rings (SSSR count). The number of fused-ring (bicyclic) bond motifs is 1. The Bertz CT molecular complexity index is 897. The maximum absolute atomic E-state index is 12.6. The number of nitrogens with one attached hydrogen (secondary N) is 1. The van der Waals surface area contributed by atoms with E-state index in [0.29, 0.717) is 5.69 Å². The van der Waals surface area contributed by atoms with E-state index in [2.05, 4.69) is 5.32 Å². The Morgan fingerprint density at radius 2 is 2.04 bits per heavy atom. The number of anilines is 1. The summed E-state index contributed by atoms with van der Waals surface area (Å²) in [6, 6.07) is 11.0. The number of phenols is 1. The summed E-state index contributed by atoms with van der Waals surface area (Å²) in [6.45, 7) is 1.84. The highest BCUT2D eigenvalue weighted by Crippen LogP contribution is 2.32. The molecule has 0 atom stereocenters. The number of amides is 1. The van der Waals surface area contributed by atoms with Crippen molar-refractivity contribution >= 4 is 22.5 Å². The van der Waals surface area contributed by atoms with Crippen molar-refractivity contribution in [1.82, 2.24) is 4.57 Å². The van der Waals surface area contributed by atoms with Gasteiger partial charge in [-0.1, -0.05) is 6.07 Å². The molecule has 0 spiro atoms. The van der Waals surface area contributed by atoms with Crippen LogP contribution < -0.4 is 10.1 Å². The van der Waals surface area contributed by atoms with Crippen LogP contribution in [0.15, 0.2) is 42.6 Å². The van der Waals surface area contributed by atoms with Crippen molar-refractivity contribution < 1.29 is 14.6 Å². The van der Waals surface area contributed by atoms with Gasteiger partial charge in [-0.3, -0.25) is 4.79 Å². The second kappa shape index (κ2) is 5.68. The van der Waals surface area contributed by atoms with Crippen LogP contribution in [0.1, 0.15) is 15.9 Å². The second-order valence-electron chi connectivity index (χ2n) is 5.48. The van der Waals surface area contributed by atoms with Gasteiger partial charge in [0.25, 0.3) is 5.91 Å². The van der Waals surface area contributed by atoms with E-state index in [1.54, 1.807) is 12.1 Å². The van der Waals surface area contributed by atoms with Crippen molar-refractivity contribution in [2.24, 2.45) is 7.05 Å². The first-order valence-corrected chi connectivity index (χ1v) is 7.24. The van der Waals surface area contributed by atoms with Crippen molar-refractivity contribution in [3.05, 3.63) is 53.7 Å². The number of aromatic hydroxyl groups is 1. The van der Waals surface area contributed by atoms with Gasteiger partial charge in [-0.25, -0.2) is 0 Å². The van der Waals surface area contributed by atoms with Gasteiger partial charge >= 0.3 is 0 Å². The third-order valence-electron chi connectivity index (χ3n) is 3.86. The normalized spacial score (nSPS) is 10.7. The minimum absolute atomic E-state index is 0.157. The van der Waals surface area contributed by atoms with Gasteiger partial charge < -0.3 is 19.7 Å². The monoisotopic (exact) mass is 310 g/mol. The molecule has 118 valence electrons. The van der Waals surface area contributed by atoms with Crippen LogP contribution >= 0.6 is 0 Å². The standard InChI is InChI=1S/C18H18N2O3/c1-11-9-13(17(21)16(10-11)23-3)18(22)19-14-5-4-6-15-12(14)7-8-20(15)2/h4-10,21H,1-3H3,(H,19,22). The van der Waals surface area contributed by atoms with Crippen molar-refractivity contribution in [2.45, 2.75) is 6.92 Å². The number of rotatable bonds is 3. The van der Waals surface area contributed by atoms with E-state index in [4.69, 9.17) is 4.74 Å². The number of phenolic OH excluding ortho intramolecular Hbond substituents is 1. The molecule has 0 unspecified atom stereocenters. The number of aryl methyl sites for hydroxylation is 2. The lowest BCUT2D eigenvalue weighted by Gasteiger charge is -2.12. The molecule has 5 heteroatoms. The fourth-order valence-electron chi connectivity index (χ4n) is 2.68. The summed E-state index contributed by atoms with van der Waals surface area (Å²) in [5.41, 5.74) is 2.75. The first-order valence-electron chi connectivity index (χ1n) is 7.24. The van der Waals surface area contributed by atoms with E-state index in [1.165, 1.54) is 7.11 Å². The number of hydrogen-bond donors (Lipinski definition) is 2. The summed E-state index contributed by atoms with van der Waals surface area (Å²) < 4.78 is 7.09. The minimum atomic E-state index is -0.374. The van der Waals surface area contributed by atoms with Gasteiger partial charge in [0.05, 0.1) is 18.4 Å². The minimum Gasteiger partial charge on any atom is -0.504 e. The molecule has 0 bridgehead atoms. The van der Waals surface area contributed by atoms with E-state index < -0.39 is 0 Å². The lowest BCUT2D eigenvalue weighted by molar-refractivity contribution is 0.102. The maximum atomic E-state index is 12.6. The van der Waals surface area contributed by atoms with Crippen molar-refractivity contribution in [3.8, 4) is 11.5 Å². The molecule has 23 heavy (non-hydrogen) atoms. The lowest BCUT2D eigenvalue weighted by atomic mass is 10.1. The molecule has 1 amide bonds.